The Balaban J connectivity index is 2.34. The van der Waals surface area contributed by atoms with Gasteiger partial charge < -0.3 is 5.32 Å². The molecule has 1 aromatic heterocycles. The first kappa shape index (κ1) is 12.4. The quantitative estimate of drug-likeness (QED) is 0.877. The Morgan fingerprint density at radius 2 is 1.78 bits per heavy atom. The minimum atomic E-state index is 0.986. The summed E-state index contributed by atoms with van der Waals surface area (Å²) in [6.07, 6.45) is 4.17. The molecule has 0 atom stereocenters. The van der Waals surface area contributed by atoms with E-state index in [1.165, 1.54) is 11.1 Å². The second kappa shape index (κ2) is 5.50. The Labute approximate surface area is 108 Å². The highest BCUT2D eigenvalue weighted by Gasteiger charge is 2.00. The third-order valence-corrected chi connectivity index (χ3v) is 2.92. The van der Waals surface area contributed by atoms with E-state index >= 15 is 0 Å². The summed E-state index contributed by atoms with van der Waals surface area (Å²) in [5, 5.41) is 3.21. The van der Waals surface area contributed by atoms with Crippen LogP contribution in [0.25, 0.3) is 12.2 Å². The zero-order valence-electron chi connectivity index (χ0n) is 11.1. The van der Waals surface area contributed by atoms with E-state index in [9.17, 15) is 0 Å². The van der Waals surface area contributed by atoms with Crippen molar-refractivity contribution in [1.29, 1.82) is 0 Å². The molecule has 92 valence electrons. The van der Waals surface area contributed by atoms with Crippen molar-refractivity contribution in [2.45, 2.75) is 13.8 Å². The molecule has 2 rings (SSSR count). The van der Waals surface area contributed by atoms with Gasteiger partial charge in [0.2, 0.25) is 0 Å². The van der Waals surface area contributed by atoms with E-state index in [4.69, 9.17) is 0 Å². The van der Waals surface area contributed by atoms with Crippen molar-refractivity contribution in [3.05, 3.63) is 58.9 Å². The van der Waals surface area contributed by atoms with Gasteiger partial charge in [0.1, 0.15) is 0 Å². The number of benzene rings is 1. The van der Waals surface area contributed by atoms with Gasteiger partial charge in [-0.3, -0.25) is 4.98 Å². The van der Waals surface area contributed by atoms with Crippen LogP contribution in [-0.2, 0) is 0 Å². The van der Waals surface area contributed by atoms with Crippen LogP contribution in [0.2, 0.25) is 0 Å². The van der Waals surface area contributed by atoms with Crippen molar-refractivity contribution in [2.24, 2.45) is 0 Å². The molecule has 0 saturated carbocycles. The Bertz CT molecular complexity index is 571. The maximum absolute atomic E-state index is 4.47. The zero-order chi connectivity index (χ0) is 13.0. The lowest BCUT2D eigenvalue weighted by atomic mass is 10.1. The van der Waals surface area contributed by atoms with Crippen molar-refractivity contribution in [3.8, 4) is 0 Å². The molecule has 0 aliphatic heterocycles. The monoisotopic (exact) mass is 238 g/mol. The molecule has 0 aliphatic carbocycles. The fourth-order valence-corrected chi connectivity index (χ4v) is 1.95. The van der Waals surface area contributed by atoms with Gasteiger partial charge >= 0.3 is 0 Å². The Morgan fingerprint density at radius 1 is 1.00 bits per heavy atom. The molecular weight excluding hydrogens is 220 g/mol. The number of nitrogens with zero attached hydrogens (tertiary/aromatic N) is 1. The number of rotatable bonds is 3. The molecule has 0 saturated heterocycles. The molecule has 0 unspecified atom stereocenters. The molecule has 0 radical (unpaired) electrons. The highest BCUT2D eigenvalue weighted by Crippen LogP contribution is 2.21. The van der Waals surface area contributed by atoms with Crippen molar-refractivity contribution in [3.63, 3.8) is 0 Å². The second-order valence-electron chi connectivity index (χ2n) is 4.32. The van der Waals surface area contributed by atoms with E-state index in [-0.39, 0.29) is 0 Å². The summed E-state index contributed by atoms with van der Waals surface area (Å²) in [6.45, 7) is 4.12. The van der Waals surface area contributed by atoms with Gasteiger partial charge in [-0.1, -0.05) is 24.3 Å². The van der Waals surface area contributed by atoms with Gasteiger partial charge in [-0.25, -0.2) is 0 Å². The maximum atomic E-state index is 4.47. The van der Waals surface area contributed by atoms with Crippen molar-refractivity contribution in [2.75, 3.05) is 12.4 Å². The first-order chi connectivity index (χ1) is 8.70. The fraction of sp³-hybridized carbons (Fsp3) is 0.188. The van der Waals surface area contributed by atoms with E-state index in [2.05, 4.69) is 47.6 Å². The number of aryl methyl sites for hydroxylation is 2. The molecule has 2 aromatic rings. The topological polar surface area (TPSA) is 24.9 Å². The predicted molar refractivity (Wildman–Crippen MR) is 78.6 cm³/mol. The minimum absolute atomic E-state index is 0.986. The van der Waals surface area contributed by atoms with Gasteiger partial charge in [0.15, 0.2) is 0 Å². The van der Waals surface area contributed by atoms with Gasteiger partial charge in [-0.05, 0) is 43.7 Å². The molecule has 0 fully saturated rings. The number of pyridine rings is 1. The molecule has 1 heterocycles. The van der Waals surface area contributed by atoms with Crippen molar-refractivity contribution >= 4 is 17.8 Å². The van der Waals surface area contributed by atoms with Crippen LogP contribution < -0.4 is 5.32 Å². The molecular formula is C16H18N2. The predicted octanol–water partition coefficient (Wildman–Crippen LogP) is 3.91. The zero-order valence-corrected chi connectivity index (χ0v) is 11.1. The van der Waals surface area contributed by atoms with Crippen molar-refractivity contribution < 1.29 is 0 Å². The minimum Gasteiger partial charge on any atom is -0.388 e. The highest BCUT2D eigenvalue weighted by molar-refractivity contribution is 5.77. The second-order valence-corrected chi connectivity index (χ2v) is 4.32. The summed E-state index contributed by atoms with van der Waals surface area (Å²) in [5.41, 5.74) is 5.63. The van der Waals surface area contributed by atoms with Crippen LogP contribution in [0, 0.1) is 13.8 Å². The van der Waals surface area contributed by atoms with Gasteiger partial charge in [0, 0.05) is 24.0 Å². The van der Waals surface area contributed by atoms with Gasteiger partial charge in [-0.2, -0.15) is 0 Å². The standard InChI is InChI=1S/C16H18N2/c1-12-6-4-9-16(17-3)15(12)11-10-14-8-5-7-13(2)18-14/h4-11,17H,1-3H3/b11-10+. The lowest BCUT2D eigenvalue weighted by Gasteiger charge is -2.08. The van der Waals surface area contributed by atoms with Crippen LogP contribution in [0.4, 0.5) is 5.69 Å². The average Bonchev–Trinajstić information content (AvgIpc) is 2.37. The molecule has 1 N–H and O–H groups in total. The summed E-state index contributed by atoms with van der Waals surface area (Å²) in [5.74, 6) is 0. The molecule has 2 heteroatoms. The van der Waals surface area contributed by atoms with E-state index in [0.29, 0.717) is 0 Å². The van der Waals surface area contributed by atoms with Crippen LogP contribution in [0.3, 0.4) is 0 Å². The lowest BCUT2D eigenvalue weighted by Crippen LogP contribution is -1.93. The summed E-state index contributed by atoms with van der Waals surface area (Å²) >= 11 is 0. The number of hydrogen-bond acceptors (Lipinski definition) is 2. The summed E-state index contributed by atoms with van der Waals surface area (Å²) in [4.78, 5) is 4.47. The smallest absolute Gasteiger partial charge is 0.0633 e. The Morgan fingerprint density at radius 3 is 2.50 bits per heavy atom. The molecule has 1 aromatic carbocycles. The molecule has 0 bridgehead atoms. The number of anilines is 1. The SMILES string of the molecule is CNc1cccc(C)c1/C=C/c1cccc(C)n1. The third kappa shape index (κ3) is 2.77. The van der Waals surface area contributed by atoms with E-state index in [1.54, 1.807) is 0 Å². The molecule has 18 heavy (non-hydrogen) atoms. The van der Waals surface area contributed by atoms with Crippen molar-refractivity contribution in [1.82, 2.24) is 4.98 Å². The first-order valence-corrected chi connectivity index (χ1v) is 6.10. The van der Waals surface area contributed by atoms with Gasteiger partial charge in [0.05, 0.1) is 5.69 Å². The average molecular weight is 238 g/mol. The molecule has 0 aliphatic rings. The van der Waals surface area contributed by atoms with E-state index in [1.807, 2.05) is 32.2 Å². The molecule has 0 spiro atoms. The number of aromatic nitrogens is 1. The van der Waals surface area contributed by atoms with Gasteiger partial charge in [0.25, 0.3) is 0 Å². The Kier molecular flexibility index (Phi) is 3.78. The molecule has 2 nitrogen and oxygen atoms in total. The largest absolute Gasteiger partial charge is 0.388 e. The third-order valence-electron chi connectivity index (χ3n) is 2.92. The highest BCUT2D eigenvalue weighted by atomic mass is 14.8. The number of hydrogen-bond donors (Lipinski definition) is 1. The van der Waals surface area contributed by atoms with Crippen LogP contribution in [0.1, 0.15) is 22.5 Å². The normalized spacial score (nSPS) is 10.8. The van der Waals surface area contributed by atoms with Crippen LogP contribution in [0.5, 0.6) is 0 Å². The van der Waals surface area contributed by atoms with Crippen LogP contribution >= 0.6 is 0 Å². The van der Waals surface area contributed by atoms with E-state index in [0.717, 1.165) is 17.1 Å². The van der Waals surface area contributed by atoms with Crippen LogP contribution in [0.15, 0.2) is 36.4 Å². The Hall–Kier alpha value is -2.09. The summed E-state index contributed by atoms with van der Waals surface area (Å²) in [7, 11) is 1.94. The van der Waals surface area contributed by atoms with Crippen LogP contribution in [-0.4, -0.2) is 12.0 Å². The summed E-state index contributed by atoms with van der Waals surface area (Å²) < 4.78 is 0. The molecule has 0 amide bonds. The van der Waals surface area contributed by atoms with Gasteiger partial charge in [-0.15, -0.1) is 0 Å². The fourth-order valence-electron chi connectivity index (χ4n) is 1.95. The first-order valence-electron chi connectivity index (χ1n) is 6.10. The maximum Gasteiger partial charge on any atom is 0.0633 e. The summed E-state index contributed by atoms with van der Waals surface area (Å²) in [6, 6.07) is 12.3. The lowest BCUT2D eigenvalue weighted by molar-refractivity contribution is 1.18. The number of nitrogens with one attached hydrogen (secondary N) is 1. The van der Waals surface area contributed by atoms with E-state index < -0.39 is 0 Å².